The molecule has 1 fully saturated rings. The number of carbonyl (C=O) groups excluding carboxylic acids is 1. The Hall–Kier alpha value is -0.820. The van der Waals surface area contributed by atoms with Crippen LogP contribution in [0.3, 0.4) is 0 Å². The molecule has 0 saturated carbocycles. The molecule has 0 aliphatic carbocycles. The molecule has 1 aliphatic heterocycles. The predicted molar refractivity (Wildman–Crippen MR) is 62.2 cm³/mol. The van der Waals surface area contributed by atoms with Gasteiger partial charge in [0.15, 0.2) is 0 Å². The predicted octanol–water partition coefficient (Wildman–Crippen LogP) is 0.737. The molecule has 106 valence electrons. The largest absolute Gasteiger partial charge is 0.405 e. The second-order valence-corrected chi connectivity index (χ2v) is 4.82. The molecule has 1 heterocycles. The SMILES string of the molecule is CC1CC(NCC(=O)NCC(F)(F)F)CCN1C. The Morgan fingerprint density at radius 3 is 2.67 bits per heavy atom. The Kier molecular flexibility index (Phi) is 5.40. The molecule has 0 spiro atoms. The highest BCUT2D eigenvalue weighted by Crippen LogP contribution is 2.15. The van der Waals surface area contributed by atoms with Crippen LogP contribution in [0, 0.1) is 0 Å². The van der Waals surface area contributed by atoms with Crippen molar-refractivity contribution in [2.45, 2.75) is 38.0 Å². The summed E-state index contributed by atoms with van der Waals surface area (Å²) in [7, 11) is 2.04. The number of hydrogen-bond acceptors (Lipinski definition) is 3. The van der Waals surface area contributed by atoms with E-state index in [0.717, 1.165) is 19.4 Å². The summed E-state index contributed by atoms with van der Waals surface area (Å²) in [5, 5.41) is 4.85. The van der Waals surface area contributed by atoms with Crippen molar-refractivity contribution in [3.63, 3.8) is 0 Å². The lowest BCUT2D eigenvalue weighted by molar-refractivity contribution is -0.138. The lowest BCUT2D eigenvalue weighted by Gasteiger charge is -2.35. The Bertz CT molecular complexity index is 283. The fourth-order valence-electron chi connectivity index (χ4n) is 1.97. The molecule has 1 rings (SSSR count). The normalized spacial score (nSPS) is 26.1. The molecule has 0 bridgehead atoms. The number of alkyl halides is 3. The first-order valence-electron chi connectivity index (χ1n) is 6.05. The molecular weight excluding hydrogens is 247 g/mol. The van der Waals surface area contributed by atoms with E-state index in [1.165, 1.54) is 0 Å². The number of carbonyl (C=O) groups is 1. The maximum absolute atomic E-state index is 11.9. The van der Waals surface area contributed by atoms with Gasteiger partial charge in [-0.3, -0.25) is 4.79 Å². The topological polar surface area (TPSA) is 44.4 Å². The molecule has 1 amide bonds. The van der Waals surface area contributed by atoms with Crippen molar-refractivity contribution in [3.05, 3.63) is 0 Å². The number of amides is 1. The van der Waals surface area contributed by atoms with Crippen molar-refractivity contribution in [3.8, 4) is 0 Å². The standard InChI is InChI=1S/C11H20F3N3O/c1-8-5-9(3-4-17(8)2)15-6-10(18)16-7-11(12,13)14/h8-9,15H,3-7H2,1-2H3,(H,16,18). The number of hydrogen-bond donors (Lipinski definition) is 2. The van der Waals surface area contributed by atoms with E-state index in [1.54, 1.807) is 0 Å². The number of nitrogens with zero attached hydrogens (tertiary/aromatic N) is 1. The minimum absolute atomic E-state index is 0.0584. The number of halogens is 3. The third-order valence-corrected chi connectivity index (χ3v) is 3.25. The molecule has 0 radical (unpaired) electrons. The van der Waals surface area contributed by atoms with Crippen LogP contribution >= 0.6 is 0 Å². The molecule has 0 aromatic rings. The summed E-state index contributed by atoms with van der Waals surface area (Å²) in [6, 6.07) is 0.627. The first-order valence-corrected chi connectivity index (χ1v) is 6.05. The van der Waals surface area contributed by atoms with E-state index in [1.807, 2.05) is 12.4 Å². The summed E-state index contributed by atoms with van der Waals surface area (Å²) in [4.78, 5) is 13.4. The van der Waals surface area contributed by atoms with E-state index in [2.05, 4.69) is 17.1 Å². The summed E-state index contributed by atoms with van der Waals surface area (Å²) >= 11 is 0. The van der Waals surface area contributed by atoms with Crippen LogP contribution in [0.1, 0.15) is 19.8 Å². The average Bonchev–Trinajstić information content (AvgIpc) is 2.27. The molecule has 0 aromatic heterocycles. The third-order valence-electron chi connectivity index (χ3n) is 3.25. The van der Waals surface area contributed by atoms with Crippen molar-refractivity contribution in [1.29, 1.82) is 0 Å². The molecule has 2 unspecified atom stereocenters. The molecule has 4 nitrogen and oxygen atoms in total. The molecule has 7 heteroatoms. The monoisotopic (exact) mass is 267 g/mol. The molecule has 2 atom stereocenters. The first kappa shape index (κ1) is 15.2. The molecule has 1 aliphatic rings. The van der Waals surface area contributed by atoms with E-state index in [-0.39, 0.29) is 12.6 Å². The van der Waals surface area contributed by atoms with E-state index in [9.17, 15) is 18.0 Å². The number of likely N-dealkylation sites (tertiary alicyclic amines) is 1. The smallest absolute Gasteiger partial charge is 0.346 e. The van der Waals surface area contributed by atoms with E-state index < -0.39 is 18.6 Å². The zero-order valence-electron chi connectivity index (χ0n) is 10.7. The van der Waals surface area contributed by atoms with E-state index in [4.69, 9.17) is 0 Å². The zero-order chi connectivity index (χ0) is 13.8. The Morgan fingerprint density at radius 1 is 1.44 bits per heavy atom. The molecule has 0 aromatic carbocycles. The second-order valence-electron chi connectivity index (χ2n) is 4.82. The van der Waals surface area contributed by atoms with Crippen molar-refractivity contribution >= 4 is 5.91 Å². The van der Waals surface area contributed by atoms with Gasteiger partial charge in [0.05, 0.1) is 6.54 Å². The van der Waals surface area contributed by atoms with Gasteiger partial charge in [0, 0.05) is 12.1 Å². The average molecular weight is 267 g/mol. The van der Waals surface area contributed by atoms with Crippen LogP contribution in [0.2, 0.25) is 0 Å². The highest BCUT2D eigenvalue weighted by atomic mass is 19.4. The molecule has 1 saturated heterocycles. The Morgan fingerprint density at radius 2 is 2.11 bits per heavy atom. The van der Waals surface area contributed by atoms with Gasteiger partial charge < -0.3 is 15.5 Å². The minimum atomic E-state index is -4.35. The lowest BCUT2D eigenvalue weighted by atomic mass is 9.99. The first-order chi connectivity index (χ1) is 8.28. The highest BCUT2D eigenvalue weighted by Gasteiger charge is 2.28. The van der Waals surface area contributed by atoms with E-state index in [0.29, 0.717) is 6.04 Å². The van der Waals surface area contributed by atoms with Gasteiger partial charge in [0.2, 0.25) is 5.91 Å². The molecular formula is C11H20F3N3O. The number of piperidine rings is 1. The second kappa shape index (κ2) is 6.38. The number of nitrogens with one attached hydrogen (secondary N) is 2. The van der Waals surface area contributed by atoms with Gasteiger partial charge >= 0.3 is 6.18 Å². The third kappa shape index (κ3) is 5.68. The molecule has 2 N–H and O–H groups in total. The quantitative estimate of drug-likeness (QED) is 0.789. The number of rotatable bonds is 4. The van der Waals surface area contributed by atoms with Gasteiger partial charge in [0.25, 0.3) is 0 Å². The summed E-state index contributed by atoms with van der Waals surface area (Å²) in [6.45, 7) is 1.70. The lowest BCUT2D eigenvalue weighted by Crippen LogP contribution is -2.48. The summed E-state index contributed by atoms with van der Waals surface area (Å²) in [6.07, 6.45) is -2.53. The van der Waals surface area contributed by atoms with Gasteiger partial charge in [-0.15, -0.1) is 0 Å². The zero-order valence-corrected chi connectivity index (χ0v) is 10.7. The summed E-state index contributed by atoms with van der Waals surface area (Å²) in [5.74, 6) is -0.612. The van der Waals surface area contributed by atoms with Crippen molar-refractivity contribution in [1.82, 2.24) is 15.5 Å². The van der Waals surface area contributed by atoms with Crippen LogP contribution < -0.4 is 10.6 Å². The summed E-state index contributed by atoms with van der Waals surface area (Å²) < 4.78 is 35.6. The van der Waals surface area contributed by atoms with Crippen LogP contribution in [0.25, 0.3) is 0 Å². The van der Waals surface area contributed by atoms with Crippen LogP contribution in [0.5, 0.6) is 0 Å². The maximum Gasteiger partial charge on any atom is 0.405 e. The maximum atomic E-state index is 11.9. The van der Waals surface area contributed by atoms with Crippen LogP contribution in [-0.4, -0.2) is 55.7 Å². The van der Waals surface area contributed by atoms with Crippen molar-refractivity contribution < 1.29 is 18.0 Å². The Balaban J connectivity index is 2.19. The van der Waals surface area contributed by atoms with Crippen LogP contribution in [0.4, 0.5) is 13.2 Å². The van der Waals surface area contributed by atoms with Crippen LogP contribution in [-0.2, 0) is 4.79 Å². The van der Waals surface area contributed by atoms with E-state index >= 15 is 0 Å². The van der Waals surface area contributed by atoms with Gasteiger partial charge in [-0.2, -0.15) is 13.2 Å². The molecule has 18 heavy (non-hydrogen) atoms. The van der Waals surface area contributed by atoms with Crippen LogP contribution in [0.15, 0.2) is 0 Å². The fourth-order valence-corrected chi connectivity index (χ4v) is 1.97. The van der Waals surface area contributed by atoms with Gasteiger partial charge in [0.1, 0.15) is 6.54 Å². The van der Waals surface area contributed by atoms with Crippen molar-refractivity contribution in [2.24, 2.45) is 0 Å². The fraction of sp³-hybridized carbons (Fsp3) is 0.909. The van der Waals surface area contributed by atoms with Crippen molar-refractivity contribution in [2.75, 3.05) is 26.7 Å². The van der Waals surface area contributed by atoms with Gasteiger partial charge in [-0.25, -0.2) is 0 Å². The van der Waals surface area contributed by atoms with Gasteiger partial charge in [-0.05, 0) is 33.4 Å². The van der Waals surface area contributed by atoms with Gasteiger partial charge in [-0.1, -0.05) is 0 Å². The highest BCUT2D eigenvalue weighted by molar-refractivity contribution is 5.78. The summed E-state index contributed by atoms with van der Waals surface area (Å²) in [5.41, 5.74) is 0. The Labute approximate surface area is 105 Å². The minimum Gasteiger partial charge on any atom is -0.346 e.